The second kappa shape index (κ2) is 6.65. The molecule has 0 aliphatic rings. The molecule has 27 heavy (non-hydrogen) atoms. The maximum atomic E-state index is 11.4. The molecule has 2 aromatic carbocycles. The maximum Gasteiger partial charge on any atom is 0.294 e. The van der Waals surface area contributed by atoms with Gasteiger partial charge < -0.3 is 5.11 Å². The van der Waals surface area contributed by atoms with Crippen LogP contribution in [-0.4, -0.2) is 29.6 Å². The normalized spacial score (nSPS) is 11.2. The average molecular weight is 363 g/mol. The van der Waals surface area contributed by atoms with Crippen molar-refractivity contribution in [3.05, 3.63) is 70.5 Å². The minimum Gasteiger partial charge on any atom is -0.390 e. The maximum absolute atomic E-state index is 11.4. The second-order valence-electron chi connectivity index (χ2n) is 6.07. The lowest BCUT2D eigenvalue weighted by Crippen LogP contribution is -2.04. The molecule has 0 saturated carbocycles. The molecule has 0 spiro atoms. The highest BCUT2D eigenvalue weighted by Gasteiger charge is 2.20. The summed E-state index contributed by atoms with van der Waals surface area (Å²) in [5.74, 6) is 0. The van der Waals surface area contributed by atoms with Gasteiger partial charge in [0.05, 0.1) is 34.6 Å². The minimum absolute atomic E-state index is 0.0500. The molecule has 0 amide bonds. The van der Waals surface area contributed by atoms with Gasteiger partial charge in [0, 0.05) is 23.6 Å². The number of hydrogen-bond acceptors (Lipinski definition) is 5. The van der Waals surface area contributed by atoms with Crippen molar-refractivity contribution in [2.24, 2.45) is 0 Å². The van der Waals surface area contributed by atoms with E-state index >= 15 is 0 Å². The smallest absolute Gasteiger partial charge is 0.294 e. The Morgan fingerprint density at radius 1 is 1.19 bits per heavy atom. The van der Waals surface area contributed by atoms with E-state index in [4.69, 9.17) is 0 Å². The number of benzene rings is 2. The van der Waals surface area contributed by atoms with E-state index in [-0.39, 0.29) is 12.3 Å². The molecule has 4 aromatic rings. The van der Waals surface area contributed by atoms with Crippen LogP contribution in [0.5, 0.6) is 0 Å². The van der Waals surface area contributed by atoms with Gasteiger partial charge in [-0.25, -0.2) is 4.68 Å². The number of aliphatic hydroxyl groups excluding tert-OH is 1. The highest BCUT2D eigenvalue weighted by molar-refractivity contribution is 5.84. The van der Waals surface area contributed by atoms with Crippen LogP contribution in [0.25, 0.3) is 27.8 Å². The topological polar surface area (TPSA) is 99.0 Å². The molecule has 0 saturated heterocycles. The molecule has 0 aliphatic carbocycles. The number of aliphatic hydroxyl groups is 1. The third-order valence-electron chi connectivity index (χ3n) is 4.47. The van der Waals surface area contributed by atoms with E-state index in [0.29, 0.717) is 17.1 Å². The van der Waals surface area contributed by atoms with Crippen LogP contribution in [0.15, 0.2) is 54.7 Å². The van der Waals surface area contributed by atoms with E-state index in [2.05, 4.69) is 10.2 Å². The van der Waals surface area contributed by atoms with E-state index in [9.17, 15) is 15.2 Å². The third-order valence-corrected chi connectivity index (χ3v) is 4.47. The number of fused-ring (bicyclic) bond motifs is 1. The van der Waals surface area contributed by atoms with E-state index in [1.54, 1.807) is 30.5 Å². The summed E-state index contributed by atoms with van der Waals surface area (Å²) in [5.41, 5.74) is 3.21. The first-order valence-electron chi connectivity index (χ1n) is 8.52. The Hall–Kier alpha value is -3.52. The first kappa shape index (κ1) is 16.9. The second-order valence-corrected chi connectivity index (χ2v) is 6.07. The van der Waals surface area contributed by atoms with E-state index < -0.39 is 4.92 Å². The van der Waals surface area contributed by atoms with Gasteiger partial charge >= 0.3 is 0 Å². The van der Waals surface area contributed by atoms with Crippen molar-refractivity contribution < 1.29 is 10.0 Å². The quantitative estimate of drug-likeness (QED) is 0.433. The van der Waals surface area contributed by atoms with Crippen molar-refractivity contribution in [1.82, 2.24) is 19.6 Å². The SMILES string of the molecule is CCn1ncc2ccc(-c3cc(CO)nn3-c3ccccc3[N+](=O)[O-])cc21. The Balaban J connectivity index is 1.95. The highest BCUT2D eigenvalue weighted by Crippen LogP contribution is 2.30. The molecule has 0 radical (unpaired) electrons. The Morgan fingerprint density at radius 3 is 2.74 bits per heavy atom. The number of aromatic nitrogens is 4. The van der Waals surface area contributed by atoms with Crippen LogP contribution in [0.1, 0.15) is 12.6 Å². The number of rotatable bonds is 5. The molecular formula is C19H17N5O3. The van der Waals surface area contributed by atoms with Crippen molar-refractivity contribution in [2.75, 3.05) is 0 Å². The van der Waals surface area contributed by atoms with Crippen LogP contribution in [0.3, 0.4) is 0 Å². The van der Waals surface area contributed by atoms with Gasteiger partial charge in [-0.1, -0.05) is 24.3 Å². The Labute approximate surface area is 154 Å². The van der Waals surface area contributed by atoms with Gasteiger partial charge in [-0.05, 0) is 25.1 Å². The number of nitro groups is 1. The predicted molar refractivity (Wildman–Crippen MR) is 101 cm³/mol. The lowest BCUT2D eigenvalue weighted by molar-refractivity contribution is -0.384. The summed E-state index contributed by atoms with van der Waals surface area (Å²) in [6, 6.07) is 14.0. The van der Waals surface area contributed by atoms with Gasteiger partial charge in [0.15, 0.2) is 0 Å². The number of para-hydroxylation sites is 2. The molecule has 2 aromatic heterocycles. The zero-order valence-electron chi connectivity index (χ0n) is 14.6. The van der Waals surface area contributed by atoms with E-state index in [1.807, 2.05) is 29.8 Å². The molecule has 0 fully saturated rings. The Morgan fingerprint density at radius 2 is 2.00 bits per heavy atom. The third kappa shape index (κ3) is 2.85. The van der Waals surface area contributed by atoms with Gasteiger partial charge in [-0.3, -0.25) is 14.8 Å². The number of nitro benzene ring substituents is 1. The lowest BCUT2D eigenvalue weighted by Gasteiger charge is -2.09. The molecule has 0 unspecified atom stereocenters. The van der Waals surface area contributed by atoms with Gasteiger partial charge in [-0.15, -0.1) is 0 Å². The summed E-state index contributed by atoms with van der Waals surface area (Å²) < 4.78 is 3.40. The van der Waals surface area contributed by atoms with Crippen LogP contribution in [0.4, 0.5) is 5.69 Å². The van der Waals surface area contributed by atoms with Gasteiger partial charge in [0.2, 0.25) is 0 Å². The summed E-state index contributed by atoms with van der Waals surface area (Å²) in [6.45, 7) is 2.49. The van der Waals surface area contributed by atoms with Crippen molar-refractivity contribution in [1.29, 1.82) is 0 Å². The Bertz CT molecular complexity index is 1150. The highest BCUT2D eigenvalue weighted by atomic mass is 16.6. The zero-order chi connectivity index (χ0) is 19.0. The molecule has 0 aliphatic heterocycles. The van der Waals surface area contributed by atoms with E-state index in [1.165, 1.54) is 10.7 Å². The standard InChI is InChI=1S/C19H17N5O3/c1-2-22-18-9-13(7-8-14(18)11-20-22)19-10-15(12-25)21-23(19)16-5-3-4-6-17(16)24(26)27/h3-11,25H,2,12H2,1H3. The molecule has 8 nitrogen and oxygen atoms in total. The molecule has 4 rings (SSSR count). The summed E-state index contributed by atoms with van der Waals surface area (Å²) in [7, 11) is 0. The van der Waals surface area contributed by atoms with Crippen molar-refractivity contribution in [2.45, 2.75) is 20.1 Å². The summed E-state index contributed by atoms with van der Waals surface area (Å²) >= 11 is 0. The number of nitrogens with zero attached hydrogens (tertiary/aromatic N) is 5. The first-order valence-corrected chi connectivity index (χ1v) is 8.52. The fraction of sp³-hybridized carbons (Fsp3) is 0.158. The van der Waals surface area contributed by atoms with Gasteiger partial charge in [0.25, 0.3) is 5.69 Å². The number of hydrogen-bond donors (Lipinski definition) is 1. The molecule has 2 heterocycles. The molecular weight excluding hydrogens is 346 g/mol. The summed E-state index contributed by atoms with van der Waals surface area (Å²) in [5, 5.41) is 30.7. The molecule has 0 atom stereocenters. The van der Waals surface area contributed by atoms with Gasteiger partial charge in [-0.2, -0.15) is 10.2 Å². The lowest BCUT2D eigenvalue weighted by atomic mass is 10.1. The van der Waals surface area contributed by atoms with Crippen molar-refractivity contribution >= 4 is 16.6 Å². The zero-order valence-corrected chi connectivity index (χ0v) is 14.6. The predicted octanol–water partition coefficient (Wildman–Crippen LogP) is 3.31. The monoisotopic (exact) mass is 363 g/mol. The summed E-state index contributed by atoms with van der Waals surface area (Å²) in [4.78, 5) is 11.0. The number of aryl methyl sites for hydroxylation is 1. The van der Waals surface area contributed by atoms with Gasteiger partial charge in [0.1, 0.15) is 5.69 Å². The largest absolute Gasteiger partial charge is 0.390 e. The molecule has 8 heteroatoms. The molecule has 1 N–H and O–H groups in total. The van der Waals surface area contributed by atoms with Crippen LogP contribution in [-0.2, 0) is 13.2 Å². The van der Waals surface area contributed by atoms with Crippen LogP contribution in [0.2, 0.25) is 0 Å². The van der Waals surface area contributed by atoms with Crippen LogP contribution in [0, 0.1) is 10.1 Å². The molecule has 0 bridgehead atoms. The fourth-order valence-corrected chi connectivity index (χ4v) is 3.18. The van der Waals surface area contributed by atoms with Crippen LogP contribution < -0.4 is 0 Å². The van der Waals surface area contributed by atoms with E-state index in [0.717, 1.165) is 23.0 Å². The molecule has 136 valence electrons. The van der Waals surface area contributed by atoms with Crippen molar-refractivity contribution in [3.8, 4) is 16.9 Å². The Kier molecular flexibility index (Phi) is 4.17. The minimum atomic E-state index is -0.436. The summed E-state index contributed by atoms with van der Waals surface area (Å²) in [6.07, 6.45) is 1.81. The average Bonchev–Trinajstić information content (AvgIpc) is 3.31. The first-order chi connectivity index (χ1) is 13.1. The van der Waals surface area contributed by atoms with Crippen molar-refractivity contribution in [3.63, 3.8) is 0 Å². The fourth-order valence-electron chi connectivity index (χ4n) is 3.18. The van der Waals surface area contributed by atoms with Crippen LogP contribution >= 0.6 is 0 Å².